The number of pyridine rings is 1. The van der Waals surface area contributed by atoms with Crippen molar-refractivity contribution in [3.63, 3.8) is 0 Å². The van der Waals surface area contributed by atoms with Crippen LogP contribution in [0.1, 0.15) is 39.2 Å². The highest BCUT2D eigenvalue weighted by atomic mass is 19.4. The van der Waals surface area contributed by atoms with E-state index < -0.39 is 24.1 Å². The van der Waals surface area contributed by atoms with Crippen LogP contribution in [-0.4, -0.2) is 38.7 Å². The normalized spacial score (nSPS) is 15.4. The number of fused-ring (bicyclic) bond motifs is 2. The zero-order valence-corrected chi connectivity index (χ0v) is 21.6. The number of carboxylic acid groups (broad SMARTS) is 1. The van der Waals surface area contributed by atoms with Crippen molar-refractivity contribution in [2.45, 2.75) is 38.5 Å². The Balaban J connectivity index is 1.29. The number of aromatic carboxylic acids is 1. The minimum atomic E-state index is -4.69. The van der Waals surface area contributed by atoms with E-state index in [2.05, 4.69) is 19.6 Å². The molecule has 1 N–H and O–H groups in total. The van der Waals surface area contributed by atoms with Gasteiger partial charge < -0.3 is 24.2 Å². The zero-order valence-electron chi connectivity index (χ0n) is 21.6. The predicted octanol–water partition coefficient (Wildman–Crippen LogP) is 5.84. The first-order valence-electron chi connectivity index (χ1n) is 12.7. The second kappa shape index (κ2) is 10.2. The molecule has 42 heavy (non-hydrogen) atoms. The van der Waals surface area contributed by atoms with Crippen LogP contribution in [0.15, 0.2) is 60.8 Å². The van der Waals surface area contributed by atoms with Gasteiger partial charge in [0.1, 0.15) is 12.4 Å². The molecule has 0 radical (unpaired) electrons. The number of halogens is 5. The monoisotopic (exact) mass is 588 g/mol. The molecular formula is C28H21F5N4O5. The minimum absolute atomic E-state index is 0.0624. The summed E-state index contributed by atoms with van der Waals surface area (Å²) in [6, 6.07) is 13.2. The molecule has 9 nitrogen and oxygen atoms in total. The summed E-state index contributed by atoms with van der Waals surface area (Å²) >= 11 is 0. The molecule has 0 saturated carbocycles. The second-order valence-corrected chi connectivity index (χ2v) is 9.68. The van der Waals surface area contributed by atoms with Crippen molar-refractivity contribution in [2.24, 2.45) is 0 Å². The van der Waals surface area contributed by atoms with Crippen LogP contribution >= 0.6 is 0 Å². The topological polar surface area (TPSA) is 98.9 Å². The number of carbonyl (C=O) groups is 1. The molecule has 4 heterocycles. The molecular weight excluding hydrogens is 567 g/mol. The highest BCUT2D eigenvalue weighted by Gasteiger charge is 2.43. The fourth-order valence-corrected chi connectivity index (χ4v) is 4.93. The van der Waals surface area contributed by atoms with Gasteiger partial charge in [-0.1, -0.05) is 18.2 Å². The Bertz CT molecular complexity index is 1660. The number of anilines is 1. The van der Waals surface area contributed by atoms with Gasteiger partial charge in [-0.15, -0.1) is 8.78 Å². The van der Waals surface area contributed by atoms with Gasteiger partial charge in [-0.25, -0.2) is 14.5 Å². The minimum Gasteiger partial charge on any atom is -0.478 e. The van der Waals surface area contributed by atoms with Crippen LogP contribution < -0.4 is 19.1 Å². The summed E-state index contributed by atoms with van der Waals surface area (Å²) in [7, 11) is 0. The van der Waals surface area contributed by atoms with Gasteiger partial charge in [-0.3, -0.25) is 0 Å². The number of benzene rings is 2. The van der Waals surface area contributed by atoms with Crippen molar-refractivity contribution in [1.82, 2.24) is 14.8 Å². The number of rotatable bonds is 7. The van der Waals surface area contributed by atoms with E-state index in [1.165, 1.54) is 53.3 Å². The first-order valence-corrected chi connectivity index (χ1v) is 12.7. The quantitative estimate of drug-likeness (QED) is 0.269. The third-order valence-electron chi connectivity index (χ3n) is 6.77. The maximum absolute atomic E-state index is 14.1. The molecule has 0 unspecified atom stereocenters. The smallest absolute Gasteiger partial charge is 0.478 e. The second-order valence-electron chi connectivity index (χ2n) is 9.68. The van der Waals surface area contributed by atoms with E-state index in [0.29, 0.717) is 18.5 Å². The Kier molecular flexibility index (Phi) is 6.62. The molecule has 0 atom stereocenters. The number of carboxylic acids is 1. The van der Waals surface area contributed by atoms with Gasteiger partial charge in [-0.05, 0) is 54.3 Å². The van der Waals surface area contributed by atoms with Crippen LogP contribution in [0.2, 0.25) is 0 Å². The molecule has 0 spiro atoms. The molecule has 0 aliphatic carbocycles. The van der Waals surface area contributed by atoms with Crippen molar-refractivity contribution >= 4 is 11.8 Å². The van der Waals surface area contributed by atoms with Crippen molar-refractivity contribution < 1.29 is 46.1 Å². The lowest BCUT2D eigenvalue weighted by atomic mass is 10.0. The van der Waals surface area contributed by atoms with Crippen LogP contribution in [0, 0.1) is 0 Å². The summed E-state index contributed by atoms with van der Waals surface area (Å²) < 4.78 is 84.6. The summed E-state index contributed by atoms with van der Waals surface area (Å²) in [6.45, 7) is 0.587. The average molecular weight is 588 g/mol. The average Bonchev–Trinajstić information content (AvgIpc) is 3.49. The van der Waals surface area contributed by atoms with E-state index in [9.17, 15) is 26.7 Å². The summed E-state index contributed by atoms with van der Waals surface area (Å²) in [6.07, 6.45) is -6.43. The lowest BCUT2D eigenvalue weighted by molar-refractivity contribution is -0.286. The van der Waals surface area contributed by atoms with E-state index >= 15 is 0 Å². The van der Waals surface area contributed by atoms with Crippen LogP contribution in [-0.2, 0) is 25.7 Å². The van der Waals surface area contributed by atoms with Crippen molar-refractivity contribution in [3.05, 3.63) is 88.7 Å². The largest absolute Gasteiger partial charge is 0.586 e. The standard InChI is InChI=1S/C28H21F5N4O5/c29-27(30,31)24-20-2-1-11-36(14-16-3-6-18(7-4-16)26(38)39)25(20)37(35-24)19-9-10-34-23(13-19)40-15-17-5-8-21-22(12-17)42-28(32,33)41-21/h3-10,12-13H,1-2,11,14-15H2,(H,38,39). The van der Waals surface area contributed by atoms with Crippen molar-refractivity contribution in [1.29, 1.82) is 0 Å². The van der Waals surface area contributed by atoms with Gasteiger partial charge >= 0.3 is 18.4 Å². The molecule has 218 valence electrons. The van der Waals surface area contributed by atoms with Crippen LogP contribution in [0.5, 0.6) is 17.4 Å². The summed E-state index contributed by atoms with van der Waals surface area (Å²) in [5.74, 6) is -1.01. The molecule has 2 aromatic heterocycles. The molecule has 6 rings (SSSR count). The Hall–Kier alpha value is -4.88. The predicted molar refractivity (Wildman–Crippen MR) is 136 cm³/mol. The number of nitrogens with zero attached hydrogens (tertiary/aromatic N) is 4. The number of aromatic nitrogens is 3. The van der Waals surface area contributed by atoms with Crippen LogP contribution in [0.3, 0.4) is 0 Å². The molecule has 0 fully saturated rings. The third-order valence-corrected chi connectivity index (χ3v) is 6.77. The first-order chi connectivity index (χ1) is 20.0. The molecule has 2 aromatic carbocycles. The Morgan fingerprint density at radius 3 is 2.50 bits per heavy atom. The van der Waals surface area contributed by atoms with E-state index in [-0.39, 0.29) is 59.6 Å². The zero-order chi connectivity index (χ0) is 29.6. The van der Waals surface area contributed by atoms with E-state index in [4.69, 9.17) is 9.84 Å². The number of alkyl halides is 5. The summed E-state index contributed by atoms with van der Waals surface area (Å²) in [4.78, 5) is 17.1. The highest BCUT2D eigenvalue weighted by molar-refractivity contribution is 5.87. The van der Waals surface area contributed by atoms with Gasteiger partial charge in [0.2, 0.25) is 5.88 Å². The fourth-order valence-electron chi connectivity index (χ4n) is 4.93. The van der Waals surface area contributed by atoms with Gasteiger partial charge in [0.05, 0.1) is 11.3 Å². The molecule has 0 amide bonds. The van der Waals surface area contributed by atoms with Crippen molar-refractivity contribution in [2.75, 3.05) is 11.4 Å². The van der Waals surface area contributed by atoms with Gasteiger partial charge in [0.25, 0.3) is 0 Å². The molecule has 0 saturated heterocycles. The lowest BCUT2D eigenvalue weighted by Crippen LogP contribution is -2.31. The summed E-state index contributed by atoms with van der Waals surface area (Å²) in [5, 5.41) is 13.1. The van der Waals surface area contributed by atoms with Gasteiger partial charge in [0.15, 0.2) is 17.2 Å². The van der Waals surface area contributed by atoms with Crippen LogP contribution in [0.25, 0.3) is 5.69 Å². The van der Waals surface area contributed by atoms with Gasteiger partial charge in [0, 0.05) is 30.9 Å². The number of hydrogen-bond acceptors (Lipinski definition) is 7. The Morgan fingerprint density at radius 2 is 1.76 bits per heavy atom. The van der Waals surface area contributed by atoms with Gasteiger partial charge in [-0.2, -0.15) is 18.3 Å². The molecule has 0 bridgehead atoms. The maximum atomic E-state index is 14.1. The number of ether oxygens (including phenoxy) is 3. The SMILES string of the molecule is O=C(O)c1ccc(CN2CCCc3c(C(F)(F)F)nn(-c4ccnc(OCc5ccc6c(c5)OC(F)(F)O6)c4)c32)cc1. The molecule has 2 aliphatic rings. The fraction of sp³-hybridized carbons (Fsp3) is 0.250. The van der Waals surface area contributed by atoms with Crippen LogP contribution in [0.4, 0.5) is 27.8 Å². The maximum Gasteiger partial charge on any atom is 0.586 e. The molecule has 14 heteroatoms. The molecule has 2 aliphatic heterocycles. The Labute approximate surface area is 234 Å². The summed E-state index contributed by atoms with van der Waals surface area (Å²) in [5.41, 5.74) is 0.635. The third kappa shape index (κ3) is 5.39. The molecule has 4 aromatic rings. The van der Waals surface area contributed by atoms with E-state index in [1.54, 1.807) is 17.0 Å². The lowest BCUT2D eigenvalue weighted by Gasteiger charge is -2.30. The van der Waals surface area contributed by atoms with E-state index in [1.807, 2.05) is 0 Å². The highest BCUT2D eigenvalue weighted by Crippen LogP contribution is 2.42. The van der Waals surface area contributed by atoms with Crippen molar-refractivity contribution in [3.8, 4) is 23.1 Å². The Morgan fingerprint density at radius 1 is 1.02 bits per heavy atom. The van der Waals surface area contributed by atoms with E-state index in [0.717, 1.165) is 5.56 Å². The number of hydrogen-bond donors (Lipinski definition) is 1. The first kappa shape index (κ1) is 27.3.